The maximum absolute atomic E-state index is 12.5. The number of carbonyl (C=O) groups excluding carboxylic acids is 1. The number of aryl methyl sites for hydroxylation is 2. The highest BCUT2D eigenvalue weighted by atomic mass is 19.4. The number of benzene rings is 1. The minimum Gasteiger partial charge on any atom is -0.488 e. The Morgan fingerprint density at radius 2 is 1.89 bits per heavy atom. The van der Waals surface area contributed by atoms with E-state index in [-0.39, 0.29) is 12.2 Å². The van der Waals surface area contributed by atoms with Crippen molar-refractivity contribution in [2.24, 2.45) is 0 Å². The van der Waals surface area contributed by atoms with Crippen LogP contribution in [0.4, 0.5) is 13.2 Å². The Morgan fingerprint density at radius 3 is 2.39 bits per heavy atom. The summed E-state index contributed by atoms with van der Waals surface area (Å²) in [4.78, 5) is 27.2. The second-order valence-corrected chi connectivity index (χ2v) is 6.27. The molecule has 150 valence electrons. The van der Waals surface area contributed by atoms with Crippen LogP contribution in [0.3, 0.4) is 0 Å². The third-order valence-corrected chi connectivity index (χ3v) is 3.87. The van der Waals surface area contributed by atoms with E-state index in [4.69, 9.17) is 9.84 Å². The lowest BCUT2D eigenvalue weighted by atomic mass is 10.0. The van der Waals surface area contributed by atoms with E-state index < -0.39 is 30.5 Å². The van der Waals surface area contributed by atoms with Gasteiger partial charge in [0.1, 0.15) is 18.4 Å². The van der Waals surface area contributed by atoms with Gasteiger partial charge in [0, 0.05) is 23.5 Å². The Balaban J connectivity index is 2.13. The lowest BCUT2D eigenvalue weighted by Gasteiger charge is -2.18. The summed E-state index contributed by atoms with van der Waals surface area (Å²) in [5, 5.41) is 10.8. The Labute approximate surface area is 159 Å². The zero-order chi connectivity index (χ0) is 20.9. The summed E-state index contributed by atoms with van der Waals surface area (Å²) >= 11 is 0. The van der Waals surface area contributed by atoms with E-state index in [2.05, 4.69) is 4.98 Å². The van der Waals surface area contributed by atoms with Crippen LogP contribution in [0.2, 0.25) is 0 Å². The molecule has 9 heteroatoms. The van der Waals surface area contributed by atoms with Gasteiger partial charge in [0.05, 0.1) is 6.42 Å². The number of aromatic nitrogens is 1. The van der Waals surface area contributed by atoms with Gasteiger partial charge in [0.15, 0.2) is 0 Å². The summed E-state index contributed by atoms with van der Waals surface area (Å²) in [6.45, 7) is 3.63. The Kier molecular flexibility index (Phi) is 6.61. The maximum atomic E-state index is 12.5. The third-order valence-electron chi connectivity index (χ3n) is 3.87. The Hall–Kier alpha value is -3.10. The van der Waals surface area contributed by atoms with Crippen LogP contribution in [0.5, 0.6) is 5.75 Å². The number of aliphatic carboxylic acids is 1. The van der Waals surface area contributed by atoms with Crippen molar-refractivity contribution in [2.45, 2.75) is 39.1 Å². The smallest absolute Gasteiger partial charge is 0.391 e. The molecule has 2 rings (SSSR count). The summed E-state index contributed by atoms with van der Waals surface area (Å²) < 4.78 is 43.2. The molecule has 0 spiro atoms. The first-order valence-electron chi connectivity index (χ1n) is 8.30. The van der Waals surface area contributed by atoms with Crippen molar-refractivity contribution < 1.29 is 32.6 Å². The largest absolute Gasteiger partial charge is 0.488 e. The van der Waals surface area contributed by atoms with Gasteiger partial charge in [-0.25, -0.2) is 4.79 Å². The molecule has 0 saturated heterocycles. The van der Waals surface area contributed by atoms with Crippen molar-refractivity contribution >= 4 is 11.9 Å². The highest BCUT2D eigenvalue weighted by Crippen LogP contribution is 2.26. The second kappa shape index (κ2) is 8.73. The molecular formula is C19H19F3N2O4. The molecule has 0 aliphatic heterocycles. The number of amides is 1. The van der Waals surface area contributed by atoms with Gasteiger partial charge in [-0.15, -0.1) is 0 Å². The van der Waals surface area contributed by atoms with Crippen molar-refractivity contribution in [1.82, 2.24) is 10.3 Å². The number of hydrogen-bond acceptors (Lipinski definition) is 4. The van der Waals surface area contributed by atoms with E-state index in [0.29, 0.717) is 16.9 Å². The molecule has 1 atom stereocenters. The molecule has 2 N–H and O–H groups in total. The monoisotopic (exact) mass is 396 g/mol. The van der Waals surface area contributed by atoms with Crippen LogP contribution in [0.15, 0.2) is 36.7 Å². The van der Waals surface area contributed by atoms with E-state index in [1.54, 1.807) is 32.3 Å². The molecular weight excluding hydrogens is 377 g/mol. The number of hydrogen-bond donors (Lipinski definition) is 2. The molecule has 6 nitrogen and oxygen atoms in total. The van der Waals surface area contributed by atoms with Gasteiger partial charge >= 0.3 is 12.1 Å². The van der Waals surface area contributed by atoms with Crippen molar-refractivity contribution in [3.8, 4) is 5.75 Å². The molecule has 0 saturated carbocycles. The van der Waals surface area contributed by atoms with Gasteiger partial charge in [-0.05, 0) is 43.2 Å². The van der Waals surface area contributed by atoms with Gasteiger partial charge in [0.2, 0.25) is 0 Å². The molecule has 0 aliphatic rings. The molecule has 1 aromatic heterocycles. The predicted octanol–water partition coefficient (Wildman–Crippen LogP) is 3.41. The zero-order valence-electron chi connectivity index (χ0n) is 15.2. The number of pyridine rings is 1. The zero-order valence-corrected chi connectivity index (χ0v) is 15.2. The van der Waals surface area contributed by atoms with E-state index >= 15 is 0 Å². The first kappa shape index (κ1) is 21.2. The van der Waals surface area contributed by atoms with Crippen LogP contribution in [-0.4, -0.2) is 34.2 Å². The number of carbonyl (C=O) groups is 2. The van der Waals surface area contributed by atoms with Crippen LogP contribution >= 0.6 is 0 Å². The summed E-state index contributed by atoms with van der Waals surface area (Å²) in [7, 11) is 0. The average Bonchev–Trinajstić information content (AvgIpc) is 2.60. The number of halogens is 3. The van der Waals surface area contributed by atoms with Crippen LogP contribution in [0.25, 0.3) is 0 Å². The Bertz CT molecular complexity index is 831. The fourth-order valence-corrected chi connectivity index (χ4v) is 2.62. The topological polar surface area (TPSA) is 88.5 Å². The summed E-state index contributed by atoms with van der Waals surface area (Å²) in [5.41, 5.74) is 2.09. The highest BCUT2D eigenvalue weighted by Gasteiger charge is 2.36. The number of ether oxygens (including phenoxy) is 1. The fourth-order valence-electron chi connectivity index (χ4n) is 2.62. The third kappa shape index (κ3) is 5.97. The number of alkyl halides is 3. The van der Waals surface area contributed by atoms with Crippen molar-refractivity contribution in [1.29, 1.82) is 0 Å². The summed E-state index contributed by atoms with van der Waals surface area (Å²) in [5.74, 6) is -2.12. The molecule has 0 aliphatic carbocycles. The summed E-state index contributed by atoms with van der Waals surface area (Å²) in [6, 6.07) is 4.42. The van der Waals surface area contributed by atoms with Gasteiger partial charge in [-0.2, -0.15) is 13.2 Å². The predicted molar refractivity (Wildman–Crippen MR) is 94.0 cm³/mol. The lowest BCUT2D eigenvalue weighted by Crippen LogP contribution is -2.43. The standard InChI is InChI=1S/C19H19F3N2O4/c1-11-6-14(17(25)24-15(18(26)27)8-19(20,21)22)7-12(2)16(11)28-10-13-4-3-5-23-9-13/h3-7,9,15H,8,10H2,1-2H3,(H,24,25)(H,26,27). The van der Waals surface area contributed by atoms with Gasteiger partial charge < -0.3 is 15.2 Å². The number of nitrogens with one attached hydrogen (secondary N) is 1. The number of rotatable bonds is 7. The van der Waals surface area contributed by atoms with Crippen LogP contribution in [0.1, 0.15) is 33.5 Å². The van der Waals surface area contributed by atoms with E-state index in [1.165, 1.54) is 12.1 Å². The lowest BCUT2D eigenvalue weighted by molar-refractivity contribution is -0.157. The normalized spacial score (nSPS) is 12.3. The SMILES string of the molecule is Cc1cc(C(=O)NC(CC(F)(F)F)C(=O)O)cc(C)c1OCc1cccnc1. The molecule has 1 unspecified atom stereocenters. The first-order valence-corrected chi connectivity index (χ1v) is 8.30. The summed E-state index contributed by atoms with van der Waals surface area (Å²) in [6.07, 6.45) is -3.08. The Morgan fingerprint density at radius 1 is 1.25 bits per heavy atom. The van der Waals surface area contributed by atoms with Gasteiger partial charge in [0.25, 0.3) is 5.91 Å². The maximum Gasteiger partial charge on any atom is 0.391 e. The number of carboxylic acids is 1. The molecule has 0 radical (unpaired) electrons. The van der Waals surface area contributed by atoms with Crippen molar-refractivity contribution in [2.75, 3.05) is 0 Å². The molecule has 1 aromatic carbocycles. The molecule has 1 amide bonds. The fraction of sp³-hybridized carbons (Fsp3) is 0.316. The molecule has 0 bridgehead atoms. The van der Waals surface area contributed by atoms with E-state index in [1.807, 2.05) is 11.4 Å². The van der Waals surface area contributed by atoms with E-state index in [0.717, 1.165) is 5.56 Å². The number of nitrogens with zero attached hydrogens (tertiary/aromatic N) is 1. The molecule has 1 heterocycles. The minimum atomic E-state index is -4.72. The van der Waals surface area contributed by atoms with E-state index in [9.17, 15) is 22.8 Å². The molecule has 2 aromatic rings. The number of carboxylic acid groups (broad SMARTS) is 1. The second-order valence-electron chi connectivity index (χ2n) is 6.27. The van der Waals surface area contributed by atoms with Crippen LogP contribution < -0.4 is 10.1 Å². The highest BCUT2D eigenvalue weighted by molar-refractivity contribution is 5.97. The van der Waals surface area contributed by atoms with Gasteiger partial charge in [-0.3, -0.25) is 9.78 Å². The van der Waals surface area contributed by atoms with Gasteiger partial charge in [-0.1, -0.05) is 6.07 Å². The first-order chi connectivity index (χ1) is 13.1. The van der Waals surface area contributed by atoms with Crippen LogP contribution in [-0.2, 0) is 11.4 Å². The quantitative estimate of drug-likeness (QED) is 0.749. The average molecular weight is 396 g/mol. The molecule has 0 fully saturated rings. The minimum absolute atomic E-state index is 0.0529. The van der Waals surface area contributed by atoms with Crippen molar-refractivity contribution in [3.63, 3.8) is 0 Å². The van der Waals surface area contributed by atoms with Crippen LogP contribution in [0, 0.1) is 13.8 Å². The molecule has 28 heavy (non-hydrogen) atoms. The van der Waals surface area contributed by atoms with Crippen molar-refractivity contribution in [3.05, 3.63) is 58.9 Å².